The van der Waals surface area contributed by atoms with Crippen molar-refractivity contribution in [2.24, 2.45) is 5.92 Å². The van der Waals surface area contributed by atoms with Gasteiger partial charge >= 0.3 is 0 Å². The van der Waals surface area contributed by atoms with Crippen molar-refractivity contribution in [2.75, 3.05) is 5.75 Å². The maximum Gasteiger partial charge on any atom is 0.265 e. The van der Waals surface area contributed by atoms with E-state index < -0.39 is 50.5 Å². The van der Waals surface area contributed by atoms with Gasteiger partial charge in [0.15, 0.2) is 11.6 Å². The van der Waals surface area contributed by atoms with Crippen molar-refractivity contribution in [3.8, 4) is 17.3 Å². The van der Waals surface area contributed by atoms with E-state index in [1.165, 1.54) is 59.3 Å². The van der Waals surface area contributed by atoms with Crippen LogP contribution >= 0.6 is 15.9 Å². The summed E-state index contributed by atoms with van der Waals surface area (Å²) >= 11 is 3.34. The van der Waals surface area contributed by atoms with Crippen LogP contribution in [0.4, 0.5) is 8.78 Å². The van der Waals surface area contributed by atoms with Gasteiger partial charge in [-0.15, -0.1) is 0 Å². The third-order valence-electron chi connectivity index (χ3n) is 5.63. The number of imidazole rings is 1. The second kappa shape index (κ2) is 10.3. The molecule has 0 amide bonds. The highest BCUT2D eigenvalue weighted by Gasteiger charge is 2.31. The van der Waals surface area contributed by atoms with Gasteiger partial charge in [-0.2, -0.15) is 13.5 Å². The third-order valence-corrected chi connectivity index (χ3v) is 7.11. The predicted molar refractivity (Wildman–Crippen MR) is 130 cm³/mol. The summed E-state index contributed by atoms with van der Waals surface area (Å²) in [7, 11) is -4.53. The number of benzene rings is 2. The van der Waals surface area contributed by atoms with Crippen LogP contribution in [0, 0.1) is 17.6 Å². The molecule has 4 rings (SSSR count). The van der Waals surface area contributed by atoms with Crippen molar-refractivity contribution < 1.29 is 26.9 Å². The third kappa shape index (κ3) is 5.69. The van der Waals surface area contributed by atoms with E-state index in [0.29, 0.717) is 15.7 Å². The molecule has 0 aliphatic carbocycles. The number of aromatic nitrogens is 4. The summed E-state index contributed by atoms with van der Waals surface area (Å²) in [5.74, 6) is -3.92. The van der Waals surface area contributed by atoms with E-state index in [1.807, 2.05) is 0 Å². The Hall–Kier alpha value is -3.42. The predicted octanol–water partition coefficient (Wildman–Crippen LogP) is 3.72. The zero-order valence-electron chi connectivity index (χ0n) is 18.3. The van der Waals surface area contributed by atoms with Gasteiger partial charge in [-0.05, 0) is 51.3 Å². The molecule has 3 N–H and O–H groups in total. The second-order valence-electron chi connectivity index (χ2n) is 8.06. The molecule has 4 aromatic rings. The number of halogens is 3. The Morgan fingerprint density at radius 1 is 1.00 bits per heavy atom. The summed E-state index contributed by atoms with van der Waals surface area (Å²) in [4.78, 5) is 16.1. The molecule has 188 valence electrons. The summed E-state index contributed by atoms with van der Waals surface area (Å²) in [6, 6.07) is 10.8. The number of nitrogens with zero attached hydrogens (tertiary/aromatic N) is 3. The Morgan fingerprint density at radius 3 is 2.08 bits per heavy atom. The first-order valence-electron chi connectivity index (χ1n) is 10.5. The zero-order valence-corrected chi connectivity index (χ0v) is 20.7. The fourth-order valence-electron chi connectivity index (χ4n) is 4.11. The maximum atomic E-state index is 13.7. The summed E-state index contributed by atoms with van der Waals surface area (Å²) in [5, 5.41) is 16.5. The van der Waals surface area contributed by atoms with E-state index in [4.69, 9.17) is 0 Å². The first-order valence-corrected chi connectivity index (χ1v) is 12.9. The first-order chi connectivity index (χ1) is 17.0. The van der Waals surface area contributed by atoms with Gasteiger partial charge in [0, 0.05) is 18.4 Å². The van der Waals surface area contributed by atoms with Gasteiger partial charge in [-0.3, -0.25) is 14.4 Å². The molecule has 0 radical (unpaired) electrons. The van der Waals surface area contributed by atoms with E-state index in [-0.39, 0.29) is 18.1 Å². The van der Waals surface area contributed by atoms with Crippen LogP contribution in [0.15, 0.2) is 70.3 Å². The minimum atomic E-state index is -4.53. The summed E-state index contributed by atoms with van der Waals surface area (Å²) in [6.45, 7) is -0.106. The van der Waals surface area contributed by atoms with Crippen LogP contribution in [0.1, 0.15) is 17.0 Å². The summed E-state index contributed by atoms with van der Waals surface area (Å²) < 4.78 is 63.2. The SMILES string of the molecule is O=c1cn[nH]c(-c2ncc(Br)n2C[C@H](CS(=O)(=O)O)C(c2ccc(F)cc2)c2ccc(F)cc2)c1O. The quantitative estimate of drug-likeness (QED) is 0.270. The Balaban J connectivity index is 1.87. The fourth-order valence-corrected chi connectivity index (χ4v) is 5.37. The molecular weight excluding hydrogens is 562 g/mol. The Labute approximate surface area is 212 Å². The Bertz CT molecular complexity index is 1490. The number of aromatic hydroxyl groups is 1. The number of nitrogens with one attached hydrogen (secondary N) is 1. The molecule has 2 aromatic heterocycles. The molecule has 0 unspecified atom stereocenters. The molecule has 9 nitrogen and oxygen atoms in total. The lowest BCUT2D eigenvalue weighted by Gasteiger charge is -2.28. The van der Waals surface area contributed by atoms with Gasteiger partial charge in [0.25, 0.3) is 10.1 Å². The highest BCUT2D eigenvalue weighted by atomic mass is 79.9. The molecular formula is C23H19BrF2N4O5S. The van der Waals surface area contributed by atoms with Crippen molar-refractivity contribution in [1.82, 2.24) is 19.7 Å². The topological polar surface area (TPSA) is 138 Å². The smallest absolute Gasteiger partial charge is 0.265 e. The number of aromatic amines is 1. The monoisotopic (exact) mass is 580 g/mol. The highest BCUT2D eigenvalue weighted by molar-refractivity contribution is 9.10. The minimum Gasteiger partial charge on any atom is -0.503 e. The number of hydrogen-bond donors (Lipinski definition) is 3. The molecule has 0 saturated carbocycles. The van der Waals surface area contributed by atoms with Gasteiger partial charge < -0.3 is 9.67 Å². The van der Waals surface area contributed by atoms with Gasteiger partial charge in [0.2, 0.25) is 5.43 Å². The molecule has 2 heterocycles. The fraction of sp³-hybridized carbons (Fsp3) is 0.174. The Morgan fingerprint density at radius 2 is 1.56 bits per heavy atom. The van der Waals surface area contributed by atoms with E-state index in [1.54, 1.807) is 0 Å². The van der Waals surface area contributed by atoms with Crippen molar-refractivity contribution in [3.63, 3.8) is 0 Å². The molecule has 0 bridgehead atoms. The van der Waals surface area contributed by atoms with Crippen LogP contribution < -0.4 is 5.43 Å². The minimum absolute atomic E-state index is 0.0712. The van der Waals surface area contributed by atoms with Crippen LogP contribution in [0.25, 0.3) is 11.5 Å². The van der Waals surface area contributed by atoms with Crippen molar-refractivity contribution >= 4 is 26.0 Å². The van der Waals surface area contributed by atoms with Crippen molar-refractivity contribution in [1.29, 1.82) is 0 Å². The lowest BCUT2D eigenvalue weighted by atomic mass is 9.81. The number of hydrogen-bond acceptors (Lipinski definition) is 6. The second-order valence-corrected chi connectivity index (χ2v) is 10.4. The van der Waals surface area contributed by atoms with Gasteiger partial charge in [0.05, 0.1) is 18.1 Å². The average molecular weight is 581 g/mol. The first kappa shape index (κ1) is 25.7. The molecule has 0 spiro atoms. The molecule has 36 heavy (non-hydrogen) atoms. The van der Waals surface area contributed by atoms with Gasteiger partial charge in [-0.25, -0.2) is 13.8 Å². The number of rotatable bonds is 8. The molecule has 1 atom stereocenters. The van der Waals surface area contributed by atoms with Crippen LogP contribution in [0.3, 0.4) is 0 Å². The molecule has 0 saturated heterocycles. The van der Waals surface area contributed by atoms with Crippen LogP contribution in [0.2, 0.25) is 0 Å². The molecule has 13 heteroatoms. The lowest BCUT2D eigenvalue weighted by Crippen LogP contribution is -2.28. The average Bonchev–Trinajstić information content (AvgIpc) is 3.17. The van der Waals surface area contributed by atoms with Crippen molar-refractivity contribution in [3.05, 3.63) is 98.5 Å². The number of H-pyrrole nitrogens is 1. The maximum absolute atomic E-state index is 13.7. The molecule has 2 aromatic carbocycles. The van der Waals surface area contributed by atoms with E-state index in [0.717, 1.165) is 6.20 Å². The standard InChI is InChI=1S/C23H19BrF2N4O5S/c24-19-10-27-23(21-22(32)18(31)9-28-29-21)30(19)11-15(12-36(33,34)35)20(13-1-5-16(25)6-2-13)14-3-7-17(26)8-4-14/h1-10,15,20H,11-12H2,(H,28,32)(H,29,31)(H,33,34,35)/t15-/m1/s1. The van der Waals surface area contributed by atoms with Gasteiger partial charge in [0.1, 0.15) is 21.9 Å². The largest absolute Gasteiger partial charge is 0.503 e. The Kier molecular flexibility index (Phi) is 7.33. The highest BCUT2D eigenvalue weighted by Crippen LogP contribution is 2.36. The van der Waals surface area contributed by atoms with Crippen molar-refractivity contribution in [2.45, 2.75) is 12.5 Å². The molecule has 0 fully saturated rings. The molecule has 0 aliphatic heterocycles. The molecule has 0 aliphatic rings. The zero-order chi connectivity index (χ0) is 26.0. The lowest BCUT2D eigenvalue weighted by molar-refractivity contribution is 0.407. The summed E-state index contributed by atoms with van der Waals surface area (Å²) in [6.07, 6.45) is 2.27. The van der Waals surface area contributed by atoms with E-state index in [9.17, 15) is 31.7 Å². The van der Waals surface area contributed by atoms with Gasteiger partial charge in [-0.1, -0.05) is 24.3 Å². The van der Waals surface area contributed by atoms with Crippen LogP contribution in [-0.4, -0.2) is 43.6 Å². The van der Waals surface area contributed by atoms with E-state index in [2.05, 4.69) is 31.1 Å². The van der Waals surface area contributed by atoms with E-state index >= 15 is 0 Å². The normalized spacial score (nSPS) is 12.7. The van der Waals surface area contributed by atoms with Crippen LogP contribution in [-0.2, 0) is 16.7 Å². The van der Waals surface area contributed by atoms with Crippen LogP contribution in [0.5, 0.6) is 5.75 Å². The summed E-state index contributed by atoms with van der Waals surface area (Å²) in [5.41, 5.74) is 0.192.